The van der Waals surface area contributed by atoms with Crippen LogP contribution in [-0.4, -0.2) is 7.28 Å². The maximum atomic E-state index is 2.87. The van der Waals surface area contributed by atoms with E-state index in [4.69, 9.17) is 0 Å². The van der Waals surface area contributed by atoms with E-state index in [2.05, 4.69) is 28.1 Å². The lowest BCUT2D eigenvalue weighted by molar-refractivity contribution is -0.140. The van der Waals surface area contributed by atoms with Crippen LogP contribution < -0.4 is 0 Å². The van der Waals surface area contributed by atoms with Gasteiger partial charge in [0.1, 0.15) is 7.28 Å². The molecule has 2 aliphatic heterocycles. The Balaban J connectivity index is 1.59. The highest BCUT2D eigenvalue weighted by molar-refractivity contribution is 6.42. The third kappa shape index (κ3) is 1.66. The molecule has 0 N–H and O–H groups in total. The quantitative estimate of drug-likeness (QED) is 0.557. The molecule has 5 aliphatic rings. The Hall–Kier alpha value is 0.0649. The predicted molar refractivity (Wildman–Crippen MR) is 82.5 cm³/mol. The van der Waals surface area contributed by atoms with Crippen LogP contribution in [0.2, 0.25) is 11.1 Å². The summed E-state index contributed by atoms with van der Waals surface area (Å²) in [7, 11) is 2.87. The number of hydrogen-bond donors (Lipinski definition) is 0. The SMILES string of the molecule is CC1C(C23[B]C(CCC2)CCC3)CC2CC1C2(C)C. The van der Waals surface area contributed by atoms with Crippen molar-refractivity contribution in [3.8, 4) is 0 Å². The van der Waals surface area contributed by atoms with Crippen molar-refractivity contribution in [1.82, 2.24) is 0 Å². The van der Waals surface area contributed by atoms with Crippen molar-refractivity contribution in [2.45, 2.75) is 83.3 Å². The van der Waals surface area contributed by atoms with Gasteiger partial charge in [-0.25, -0.2) is 0 Å². The first-order valence-electron chi connectivity index (χ1n) is 8.89. The zero-order valence-corrected chi connectivity index (χ0v) is 13.1. The standard InChI is InChI=1S/C18H30B/c1-12-15-10-13(17(15,2)3)11-16(12)18-8-4-6-14(19-18)7-5-9-18/h12-16H,4-11H2,1-3H3. The third-order valence-electron chi connectivity index (χ3n) is 8.09. The molecule has 0 aromatic carbocycles. The Morgan fingerprint density at radius 1 is 0.947 bits per heavy atom. The molecule has 5 rings (SSSR count). The summed E-state index contributed by atoms with van der Waals surface area (Å²) in [5.74, 6) is 5.08. The topological polar surface area (TPSA) is 0 Å². The largest absolute Gasteiger partial charge is 0.122 e. The van der Waals surface area contributed by atoms with E-state index < -0.39 is 0 Å². The van der Waals surface area contributed by atoms with Crippen LogP contribution in [0.15, 0.2) is 0 Å². The van der Waals surface area contributed by atoms with Crippen LogP contribution in [0.5, 0.6) is 0 Å². The molecule has 2 heterocycles. The average molecular weight is 257 g/mol. The summed E-state index contributed by atoms with van der Waals surface area (Å²) in [5, 5.41) is 0.675. The zero-order chi connectivity index (χ0) is 13.3. The first-order valence-corrected chi connectivity index (χ1v) is 8.89. The first-order chi connectivity index (χ1) is 9.03. The molecular formula is C18H30B. The van der Waals surface area contributed by atoms with Crippen molar-refractivity contribution in [1.29, 1.82) is 0 Å². The Labute approximate surface area is 120 Å². The number of fused-ring (bicyclic) bond motifs is 5. The second kappa shape index (κ2) is 4.04. The van der Waals surface area contributed by atoms with Gasteiger partial charge in [0.2, 0.25) is 0 Å². The minimum atomic E-state index is 0.662. The van der Waals surface area contributed by atoms with Crippen molar-refractivity contribution in [2.24, 2.45) is 29.1 Å². The smallest absolute Gasteiger partial charge is 0.0682 e. The van der Waals surface area contributed by atoms with Gasteiger partial charge in [-0.2, -0.15) is 0 Å². The maximum Gasteiger partial charge on any atom is 0.122 e. The second-order valence-electron chi connectivity index (χ2n) is 9.01. The molecular weight excluding hydrogens is 227 g/mol. The summed E-state index contributed by atoms with van der Waals surface area (Å²) in [6, 6.07) is 0. The van der Waals surface area contributed by atoms with Gasteiger partial charge in [-0.3, -0.25) is 0 Å². The molecule has 1 radical (unpaired) electrons. The van der Waals surface area contributed by atoms with E-state index in [1.165, 1.54) is 38.5 Å². The van der Waals surface area contributed by atoms with Crippen molar-refractivity contribution in [2.75, 3.05) is 0 Å². The summed E-state index contributed by atoms with van der Waals surface area (Å²) in [6.45, 7) is 7.70. The summed E-state index contributed by atoms with van der Waals surface area (Å²) in [4.78, 5) is 0. The van der Waals surface area contributed by atoms with Crippen LogP contribution in [0.1, 0.15) is 72.1 Å². The van der Waals surface area contributed by atoms with Gasteiger partial charge in [0.25, 0.3) is 0 Å². The van der Waals surface area contributed by atoms with Crippen LogP contribution in [-0.2, 0) is 0 Å². The highest BCUT2D eigenvalue weighted by Gasteiger charge is 2.60. The molecule has 3 aliphatic carbocycles. The van der Waals surface area contributed by atoms with Crippen LogP contribution in [0, 0.1) is 29.1 Å². The molecule has 3 saturated carbocycles. The van der Waals surface area contributed by atoms with E-state index in [1.54, 1.807) is 12.8 Å². The van der Waals surface area contributed by atoms with E-state index in [0.29, 0.717) is 10.7 Å². The third-order valence-corrected chi connectivity index (χ3v) is 8.09. The van der Waals surface area contributed by atoms with Crippen molar-refractivity contribution < 1.29 is 0 Å². The molecule has 105 valence electrons. The van der Waals surface area contributed by atoms with Gasteiger partial charge in [0.15, 0.2) is 0 Å². The molecule has 4 unspecified atom stereocenters. The highest BCUT2D eigenvalue weighted by Crippen LogP contribution is 2.70. The fourth-order valence-corrected chi connectivity index (χ4v) is 6.86. The summed E-state index contributed by atoms with van der Waals surface area (Å²) in [6.07, 6.45) is 12.2. The zero-order valence-electron chi connectivity index (χ0n) is 13.1. The van der Waals surface area contributed by atoms with E-state index in [-0.39, 0.29) is 0 Å². The fourth-order valence-electron chi connectivity index (χ4n) is 6.86. The molecule has 4 bridgehead atoms. The number of hydrogen-bond acceptors (Lipinski definition) is 0. The van der Waals surface area contributed by atoms with Gasteiger partial charge in [-0.05, 0) is 41.9 Å². The van der Waals surface area contributed by atoms with Crippen LogP contribution in [0.25, 0.3) is 0 Å². The molecule has 0 aromatic rings. The van der Waals surface area contributed by atoms with Crippen LogP contribution in [0.3, 0.4) is 0 Å². The molecule has 0 aromatic heterocycles. The van der Waals surface area contributed by atoms with Gasteiger partial charge in [0, 0.05) is 0 Å². The molecule has 19 heavy (non-hydrogen) atoms. The van der Waals surface area contributed by atoms with Crippen molar-refractivity contribution >= 4 is 7.28 Å². The van der Waals surface area contributed by atoms with Gasteiger partial charge in [0.05, 0.1) is 0 Å². The Morgan fingerprint density at radius 3 is 2.16 bits per heavy atom. The minimum absolute atomic E-state index is 0.662. The fraction of sp³-hybridized carbons (Fsp3) is 1.00. The van der Waals surface area contributed by atoms with Crippen LogP contribution in [0.4, 0.5) is 0 Å². The van der Waals surface area contributed by atoms with E-state index in [1.807, 2.05) is 0 Å². The normalized spacial score (nSPS) is 55.0. The van der Waals surface area contributed by atoms with Crippen molar-refractivity contribution in [3.05, 3.63) is 0 Å². The molecule has 0 amide bonds. The van der Waals surface area contributed by atoms with E-state index in [9.17, 15) is 0 Å². The monoisotopic (exact) mass is 257 g/mol. The average Bonchev–Trinajstić information content (AvgIpc) is 2.38. The summed E-state index contributed by atoms with van der Waals surface area (Å²) in [5.41, 5.74) is 0.662. The molecule has 0 spiro atoms. The molecule has 1 heteroatoms. The van der Waals surface area contributed by atoms with E-state index >= 15 is 0 Å². The lowest BCUT2D eigenvalue weighted by Gasteiger charge is -2.66. The highest BCUT2D eigenvalue weighted by atomic mass is 14.6. The predicted octanol–water partition coefficient (Wildman–Crippen LogP) is 5.32. The van der Waals surface area contributed by atoms with E-state index in [0.717, 1.165) is 29.5 Å². The summed E-state index contributed by atoms with van der Waals surface area (Å²) < 4.78 is 0. The lowest BCUT2D eigenvalue weighted by Crippen LogP contribution is -2.58. The number of rotatable bonds is 1. The Kier molecular flexibility index (Phi) is 2.72. The lowest BCUT2D eigenvalue weighted by atomic mass is 9.28. The molecule has 2 saturated heterocycles. The van der Waals surface area contributed by atoms with Gasteiger partial charge < -0.3 is 0 Å². The Morgan fingerprint density at radius 2 is 1.58 bits per heavy atom. The summed E-state index contributed by atoms with van der Waals surface area (Å²) >= 11 is 0. The first kappa shape index (κ1) is 12.8. The van der Waals surface area contributed by atoms with Crippen LogP contribution >= 0.6 is 0 Å². The van der Waals surface area contributed by atoms with Gasteiger partial charge in [-0.15, -0.1) is 0 Å². The molecule has 4 atom stereocenters. The van der Waals surface area contributed by atoms with Gasteiger partial charge >= 0.3 is 0 Å². The Bertz CT molecular complexity index is 362. The van der Waals surface area contributed by atoms with Gasteiger partial charge in [-0.1, -0.05) is 70.4 Å². The van der Waals surface area contributed by atoms with Crippen molar-refractivity contribution in [3.63, 3.8) is 0 Å². The molecule has 5 fully saturated rings. The second-order valence-corrected chi connectivity index (χ2v) is 9.01. The maximum absolute atomic E-state index is 2.87. The molecule has 0 nitrogen and oxygen atoms in total. The minimum Gasteiger partial charge on any atom is -0.0682 e.